The minimum absolute atomic E-state index is 0.0607. The number of hydrogen-bond donors (Lipinski definition) is 1. The molecule has 1 N–H and O–H groups in total. The molecule has 0 spiro atoms. The number of anilines is 3. The van der Waals surface area contributed by atoms with Crippen LogP contribution in [0.15, 0.2) is 59.8 Å². The average molecular weight is 388 g/mol. The Labute approximate surface area is 167 Å². The fourth-order valence-electron chi connectivity index (χ4n) is 3.96. The number of pyridine rings is 3. The van der Waals surface area contributed by atoms with Gasteiger partial charge in [0.05, 0.1) is 29.3 Å². The third-order valence-electron chi connectivity index (χ3n) is 5.48. The van der Waals surface area contributed by atoms with E-state index in [0.29, 0.717) is 17.2 Å². The fourth-order valence-corrected chi connectivity index (χ4v) is 3.96. The molecule has 0 saturated carbocycles. The molecule has 8 heteroatoms. The lowest BCUT2D eigenvalue weighted by molar-refractivity contribution is 0.255. The Balaban J connectivity index is 1.55. The van der Waals surface area contributed by atoms with Crippen LogP contribution < -0.4 is 20.7 Å². The highest BCUT2D eigenvalue weighted by Crippen LogP contribution is 2.40. The fraction of sp³-hybridized carbons (Fsp3) is 0.238. The number of amides is 2. The number of nitrogens with zero attached hydrogens (tertiary/aromatic N) is 5. The standard InChI is InChI=1S/C21H20N6O2/c1-25-9-6-14(11-19(25)28)17-4-5-18-20(24-17)27(16-7-10-26(18)13-16)21(29)23-15-3-2-8-22-12-15/h2-6,8-9,11-12,16H,7,10,13H2,1H3,(H,23,29)/t16-/m0/s1. The minimum Gasteiger partial charge on any atom is -0.366 e. The molecule has 0 unspecified atom stereocenters. The molecular weight excluding hydrogens is 368 g/mol. The van der Waals surface area contributed by atoms with Gasteiger partial charge in [-0.1, -0.05) is 0 Å². The molecule has 0 aliphatic carbocycles. The van der Waals surface area contributed by atoms with Crippen LogP contribution in [0.4, 0.5) is 22.0 Å². The molecular formula is C21H20N6O2. The van der Waals surface area contributed by atoms with Gasteiger partial charge in [-0.3, -0.25) is 14.7 Å². The average Bonchev–Trinajstić information content (AvgIpc) is 3.15. The Morgan fingerprint density at radius 1 is 1.24 bits per heavy atom. The van der Waals surface area contributed by atoms with Crippen LogP contribution in [0.25, 0.3) is 11.3 Å². The van der Waals surface area contributed by atoms with Crippen molar-refractivity contribution in [1.29, 1.82) is 0 Å². The molecule has 3 aromatic heterocycles. The van der Waals surface area contributed by atoms with Gasteiger partial charge in [-0.05, 0) is 36.8 Å². The van der Waals surface area contributed by atoms with Gasteiger partial charge in [-0.15, -0.1) is 0 Å². The van der Waals surface area contributed by atoms with Crippen molar-refractivity contribution in [3.05, 3.63) is 65.3 Å². The first-order valence-corrected chi connectivity index (χ1v) is 9.53. The van der Waals surface area contributed by atoms with Crippen LogP contribution in [-0.2, 0) is 7.05 Å². The van der Waals surface area contributed by atoms with Gasteiger partial charge in [0.1, 0.15) is 0 Å². The Kier molecular flexibility index (Phi) is 4.04. The van der Waals surface area contributed by atoms with Crippen LogP contribution in [-0.4, -0.2) is 39.7 Å². The second kappa shape index (κ2) is 6.73. The maximum absolute atomic E-state index is 13.1. The van der Waals surface area contributed by atoms with E-state index in [1.807, 2.05) is 18.2 Å². The summed E-state index contributed by atoms with van der Waals surface area (Å²) in [6.07, 6.45) is 5.89. The lowest BCUT2D eigenvalue weighted by Gasteiger charge is -2.35. The lowest BCUT2D eigenvalue weighted by Crippen LogP contribution is -2.48. The summed E-state index contributed by atoms with van der Waals surface area (Å²) in [7, 11) is 1.71. The van der Waals surface area contributed by atoms with Crippen molar-refractivity contribution in [2.45, 2.75) is 12.5 Å². The Morgan fingerprint density at radius 2 is 2.14 bits per heavy atom. The second-order valence-electron chi connectivity index (χ2n) is 7.33. The quantitative estimate of drug-likeness (QED) is 0.729. The molecule has 1 fully saturated rings. The molecule has 2 bridgehead atoms. The van der Waals surface area contributed by atoms with Gasteiger partial charge in [0.15, 0.2) is 5.82 Å². The highest BCUT2D eigenvalue weighted by Gasteiger charge is 2.40. The van der Waals surface area contributed by atoms with Crippen molar-refractivity contribution in [1.82, 2.24) is 14.5 Å². The summed E-state index contributed by atoms with van der Waals surface area (Å²) in [5.74, 6) is 0.623. The highest BCUT2D eigenvalue weighted by atomic mass is 16.2. The van der Waals surface area contributed by atoms with Crippen molar-refractivity contribution in [2.24, 2.45) is 7.05 Å². The first-order valence-electron chi connectivity index (χ1n) is 9.53. The van der Waals surface area contributed by atoms with E-state index in [1.165, 1.54) is 4.57 Å². The largest absolute Gasteiger partial charge is 0.366 e. The molecule has 1 atom stereocenters. The molecule has 5 heterocycles. The molecule has 1 saturated heterocycles. The van der Waals surface area contributed by atoms with Gasteiger partial charge in [-0.2, -0.15) is 0 Å². The van der Waals surface area contributed by atoms with Crippen LogP contribution in [0, 0.1) is 0 Å². The summed E-state index contributed by atoms with van der Waals surface area (Å²) >= 11 is 0. The second-order valence-corrected chi connectivity index (χ2v) is 7.33. The normalized spacial score (nSPS) is 17.2. The number of carbonyl (C=O) groups excluding carboxylic acids is 1. The van der Waals surface area contributed by atoms with E-state index in [4.69, 9.17) is 4.98 Å². The van der Waals surface area contributed by atoms with E-state index < -0.39 is 0 Å². The van der Waals surface area contributed by atoms with Crippen molar-refractivity contribution in [2.75, 3.05) is 28.2 Å². The van der Waals surface area contributed by atoms with Crippen LogP contribution in [0.5, 0.6) is 0 Å². The van der Waals surface area contributed by atoms with Crippen LogP contribution in [0.1, 0.15) is 6.42 Å². The van der Waals surface area contributed by atoms with E-state index in [0.717, 1.165) is 30.8 Å². The Hall–Kier alpha value is -3.68. The number of aromatic nitrogens is 3. The van der Waals surface area contributed by atoms with Gasteiger partial charge < -0.3 is 14.8 Å². The van der Waals surface area contributed by atoms with Gasteiger partial charge in [-0.25, -0.2) is 9.78 Å². The van der Waals surface area contributed by atoms with Gasteiger partial charge in [0.2, 0.25) is 0 Å². The van der Waals surface area contributed by atoms with Crippen LogP contribution in [0.3, 0.4) is 0 Å². The van der Waals surface area contributed by atoms with Gasteiger partial charge in [0.25, 0.3) is 5.56 Å². The molecule has 5 rings (SSSR count). The summed E-state index contributed by atoms with van der Waals surface area (Å²) in [5, 5.41) is 2.92. The van der Waals surface area contributed by atoms with Crippen molar-refractivity contribution in [3.8, 4) is 11.3 Å². The van der Waals surface area contributed by atoms with E-state index in [2.05, 4.69) is 15.2 Å². The minimum atomic E-state index is -0.223. The first-order chi connectivity index (χ1) is 14.1. The molecule has 3 aromatic rings. The smallest absolute Gasteiger partial charge is 0.327 e. The van der Waals surface area contributed by atoms with Crippen molar-refractivity contribution >= 4 is 23.2 Å². The van der Waals surface area contributed by atoms with Crippen molar-refractivity contribution < 1.29 is 4.79 Å². The zero-order valence-corrected chi connectivity index (χ0v) is 15.9. The van der Waals surface area contributed by atoms with Crippen LogP contribution >= 0.6 is 0 Å². The monoisotopic (exact) mass is 388 g/mol. The number of carbonyl (C=O) groups is 1. The van der Waals surface area contributed by atoms with Crippen LogP contribution in [0.2, 0.25) is 0 Å². The van der Waals surface area contributed by atoms with E-state index in [1.54, 1.807) is 48.7 Å². The number of fused-ring (bicyclic) bond motifs is 4. The molecule has 8 nitrogen and oxygen atoms in total. The molecule has 0 radical (unpaired) electrons. The summed E-state index contributed by atoms with van der Waals surface area (Å²) in [6, 6.07) is 10.7. The Morgan fingerprint density at radius 3 is 2.93 bits per heavy atom. The summed E-state index contributed by atoms with van der Waals surface area (Å²) < 4.78 is 1.52. The third kappa shape index (κ3) is 3.02. The zero-order chi connectivity index (χ0) is 20.0. The maximum atomic E-state index is 13.1. The predicted octanol–water partition coefficient (Wildman–Crippen LogP) is 2.47. The molecule has 146 valence electrons. The third-order valence-corrected chi connectivity index (χ3v) is 5.48. The van der Waals surface area contributed by atoms with Gasteiger partial charge in [0, 0.05) is 44.2 Å². The topological polar surface area (TPSA) is 83.4 Å². The first kappa shape index (κ1) is 17.4. The number of nitrogens with one attached hydrogen (secondary N) is 1. The van der Waals surface area contributed by atoms with Gasteiger partial charge >= 0.3 is 6.03 Å². The molecule has 2 amide bonds. The molecule has 2 aliphatic heterocycles. The maximum Gasteiger partial charge on any atom is 0.327 e. The van der Waals surface area contributed by atoms with E-state index in [-0.39, 0.29) is 17.6 Å². The Bertz CT molecular complexity index is 1140. The number of rotatable bonds is 2. The number of urea groups is 1. The molecule has 0 aromatic carbocycles. The molecule has 2 aliphatic rings. The number of hydrogen-bond acceptors (Lipinski definition) is 5. The zero-order valence-electron chi connectivity index (χ0n) is 15.9. The van der Waals surface area contributed by atoms with E-state index >= 15 is 0 Å². The summed E-state index contributed by atoms with van der Waals surface area (Å²) in [6.45, 7) is 1.68. The van der Waals surface area contributed by atoms with Crippen molar-refractivity contribution in [3.63, 3.8) is 0 Å². The van der Waals surface area contributed by atoms with E-state index in [9.17, 15) is 9.59 Å². The molecule has 29 heavy (non-hydrogen) atoms. The number of aryl methyl sites for hydroxylation is 1. The summed E-state index contributed by atoms with van der Waals surface area (Å²) in [4.78, 5) is 38.0. The lowest BCUT2D eigenvalue weighted by atomic mass is 10.1. The summed E-state index contributed by atoms with van der Waals surface area (Å²) in [5.41, 5.74) is 2.88. The highest BCUT2D eigenvalue weighted by molar-refractivity contribution is 6.04. The predicted molar refractivity (Wildman–Crippen MR) is 111 cm³/mol. The SMILES string of the molecule is Cn1ccc(-c2ccc3c(n2)N(C(=O)Nc2cccnc2)[C@H]2CCN3C2)cc1=O.